The molecule has 1 unspecified atom stereocenters. The molecule has 0 radical (unpaired) electrons. The molecule has 5 heteroatoms. The van der Waals surface area contributed by atoms with Crippen molar-refractivity contribution in [2.24, 2.45) is 10.9 Å². The van der Waals surface area contributed by atoms with E-state index in [4.69, 9.17) is 20.4 Å². The predicted molar refractivity (Wildman–Crippen MR) is 72.3 cm³/mol. The van der Waals surface area contributed by atoms with Crippen molar-refractivity contribution in [1.82, 2.24) is 0 Å². The van der Waals surface area contributed by atoms with E-state index in [2.05, 4.69) is 5.16 Å². The number of hydrogen-bond donors (Lipinski definition) is 2. The van der Waals surface area contributed by atoms with E-state index in [0.29, 0.717) is 18.8 Å². The molecule has 0 amide bonds. The highest BCUT2D eigenvalue weighted by Crippen LogP contribution is 2.15. The summed E-state index contributed by atoms with van der Waals surface area (Å²) in [4.78, 5) is 0. The van der Waals surface area contributed by atoms with Crippen molar-refractivity contribution in [3.8, 4) is 0 Å². The van der Waals surface area contributed by atoms with E-state index in [1.807, 2.05) is 25.1 Å². The van der Waals surface area contributed by atoms with Crippen molar-refractivity contribution >= 4 is 5.84 Å². The molecular formula is C14H20N2O3. The predicted octanol–water partition coefficient (Wildman–Crippen LogP) is 1.79. The van der Waals surface area contributed by atoms with Gasteiger partial charge in [0.25, 0.3) is 0 Å². The van der Waals surface area contributed by atoms with Crippen LogP contribution in [0.3, 0.4) is 0 Å². The Balaban J connectivity index is 1.89. The molecule has 2 rings (SSSR count). The van der Waals surface area contributed by atoms with E-state index >= 15 is 0 Å². The molecule has 5 nitrogen and oxygen atoms in total. The lowest BCUT2D eigenvalue weighted by Gasteiger charge is -2.12. The average Bonchev–Trinajstić information content (AvgIpc) is 2.93. The molecule has 104 valence electrons. The van der Waals surface area contributed by atoms with Gasteiger partial charge in [-0.2, -0.15) is 0 Å². The van der Waals surface area contributed by atoms with Crippen LogP contribution in [0.1, 0.15) is 29.5 Å². The topological polar surface area (TPSA) is 77.1 Å². The van der Waals surface area contributed by atoms with Crippen molar-refractivity contribution in [2.75, 3.05) is 13.2 Å². The van der Waals surface area contributed by atoms with E-state index in [-0.39, 0.29) is 11.9 Å². The van der Waals surface area contributed by atoms with Gasteiger partial charge in [0.05, 0.1) is 19.3 Å². The molecule has 0 aromatic heterocycles. The molecule has 0 saturated carbocycles. The van der Waals surface area contributed by atoms with Crippen LogP contribution in [0.2, 0.25) is 0 Å². The molecule has 1 aromatic rings. The second-order valence-electron chi connectivity index (χ2n) is 4.78. The van der Waals surface area contributed by atoms with Gasteiger partial charge in [-0.25, -0.2) is 0 Å². The maximum atomic E-state index is 8.64. The summed E-state index contributed by atoms with van der Waals surface area (Å²) < 4.78 is 11.2. The number of nitrogens with two attached hydrogens (primary N) is 1. The zero-order chi connectivity index (χ0) is 13.7. The van der Waals surface area contributed by atoms with E-state index in [1.54, 1.807) is 0 Å². The number of ether oxygens (including phenoxy) is 2. The standard InChI is InChI=1S/C14H20N2O3/c1-10-7-11(14(15)16-17)4-5-12(10)8-18-9-13-3-2-6-19-13/h4-5,7,13,17H,2-3,6,8-9H2,1H3,(H2,15,16). The van der Waals surface area contributed by atoms with Gasteiger partial charge >= 0.3 is 0 Å². The van der Waals surface area contributed by atoms with Gasteiger partial charge in [-0.3, -0.25) is 0 Å². The molecule has 1 aromatic carbocycles. The van der Waals surface area contributed by atoms with Crippen LogP contribution in [0.5, 0.6) is 0 Å². The van der Waals surface area contributed by atoms with Gasteiger partial charge < -0.3 is 20.4 Å². The molecule has 19 heavy (non-hydrogen) atoms. The minimum Gasteiger partial charge on any atom is -0.409 e. The molecule has 1 fully saturated rings. The summed E-state index contributed by atoms with van der Waals surface area (Å²) >= 11 is 0. The summed E-state index contributed by atoms with van der Waals surface area (Å²) in [5.74, 6) is 0.120. The SMILES string of the molecule is Cc1cc(/C(N)=N/O)ccc1COCC1CCCO1. The minimum absolute atomic E-state index is 0.120. The molecule has 1 heterocycles. The van der Waals surface area contributed by atoms with Crippen molar-refractivity contribution in [2.45, 2.75) is 32.5 Å². The zero-order valence-corrected chi connectivity index (χ0v) is 11.1. The van der Waals surface area contributed by atoms with Crippen molar-refractivity contribution in [3.05, 3.63) is 34.9 Å². The highest BCUT2D eigenvalue weighted by atomic mass is 16.5. The van der Waals surface area contributed by atoms with Crippen molar-refractivity contribution < 1.29 is 14.7 Å². The van der Waals surface area contributed by atoms with Crippen molar-refractivity contribution in [1.29, 1.82) is 0 Å². The maximum absolute atomic E-state index is 8.64. The molecule has 0 aliphatic carbocycles. The Bertz CT molecular complexity index is 454. The molecule has 0 bridgehead atoms. The molecule has 3 N–H and O–H groups in total. The third-order valence-corrected chi connectivity index (χ3v) is 3.33. The fraction of sp³-hybridized carbons (Fsp3) is 0.500. The van der Waals surface area contributed by atoms with Crippen LogP contribution in [0.15, 0.2) is 23.4 Å². The van der Waals surface area contributed by atoms with Crippen LogP contribution in [-0.4, -0.2) is 30.4 Å². The highest BCUT2D eigenvalue weighted by molar-refractivity contribution is 5.97. The van der Waals surface area contributed by atoms with Crippen LogP contribution >= 0.6 is 0 Å². The first-order valence-corrected chi connectivity index (χ1v) is 6.47. The zero-order valence-electron chi connectivity index (χ0n) is 11.1. The molecule has 1 atom stereocenters. The molecule has 1 saturated heterocycles. The molecule has 1 aliphatic heterocycles. The Labute approximate surface area is 113 Å². The first-order chi connectivity index (χ1) is 9.20. The molecule has 1 aliphatic rings. The van der Waals surface area contributed by atoms with Gasteiger partial charge in [0, 0.05) is 12.2 Å². The number of hydrogen-bond acceptors (Lipinski definition) is 4. The first-order valence-electron chi connectivity index (χ1n) is 6.47. The number of oxime groups is 1. The van der Waals surface area contributed by atoms with Crippen LogP contribution in [0, 0.1) is 6.92 Å². The average molecular weight is 264 g/mol. The van der Waals surface area contributed by atoms with Gasteiger partial charge in [0.1, 0.15) is 0 Å². The number of benzene rings is 1. The summed E-state index contributed by atoms with van der Waals surface area (Å²) in [6.07, 6.45) is 2.46. The van der Waals surface area contributed by atoms with Crippen LogP contribution in [-0.2, 0) is 16.1 Å². The third-order valence-electron chi connectivity index (χ3n) is 3.33. The molecule has 0 spiro atoms. The third kappa shape index (κ3) is 3.68. The quantitative estimate of drug-likeness (QED) is 0.368. The number of nitrogens with zero attached hydrogens (tertiary/aromatic N) is 1. The monoisotopic (exact) mass is 264 g/mol. The maximum Gasteiger partial charge on any atom is 0.170 e. The van der Waals surface area contributed by atoms with Crippen LogP contribution in [0.4, 0.5) is 0 Å². The Hall–Kier alpha value is -1.59. The smallest absolute Gasteiger partial charge is 0.170 e. The molecular weight excluding hydrogens is 244 g/mol. The Kier molecular flexibility index (Phi) is 4.76. The highest BCUT2D eigenvalue weighted by Gasteiger charge is 2.15. The second kappa shape index (κ2) is 6.54. The van der Waals surface area contributed by atoms with E-state index in [1.165, 1.54) is 0 Å². The van der Waals surface area contributed by atoms with E-state index < -0.39 is 0 Å². The number of rotatable bonds is 5. The Morgan fingerprint density at radius 3 is 3.05 bits per heavy atom. The van der Waals surface area contributed by atoms with Gasteiger partial charge in [0.2, 0.25) is 0 Å². The summed E-state index contributed by atoms with van der Waals surface area (Å²) in [6.45, 7) is 4.03. The first kappa shape index (κ1) is 13.8. The fourth-order valence-corrected chi connectivity index (χ4v) is 2.15. The number of aryl methyl sites for hydroxylation is 1. The normalized spacial score (nSPS) is 19.8. The largest absolute Gasteiger partial charge is 0.409 e. The van der Waals surface area contributed by atoms with E-state index in [9.17, 15) is 0 Å². The summed E-state index contributed by atoms with van der Waals surface area (Å²) in [5, 5.41) is 11.6. The summed E-state index contributed by atoms with van der Waals surface area (Å²) in [6, 6.07) is 5.66. The Morgan fingerprint density at radius 1 is 1.58 bits per heavy atom. The lowest BCUT2D eigenvalue weighted by Crippen LogP contribution is -2.15. The summed E-state index contributed by atoms with van der Waals surface area (Å²) in [5.41, 5.74) is 8.43. The van der Waals surface area contributed by atoms with Gasteiger partial charge in [-0.1, -0.05) is 17.3 Å². The number of amidine groups is 1. The van der Waals surface area contributed by atoms with Gasteiger partial charge in [-0.05, 0) is 37.0 Å². The van der Waals surface area contributed by atoms with Gasteiger partial charge in [0.15, 0.2) is 5.84 Å². The van der Waals surface area contributed by atoms with Crippen LogP contribution < -0.4 is 5.73 Å². The minimum atomic E-state index is 0.120. The second-order valence-corrected chi connectivity index (χ2v) is 4.78. The van der Waals surface area contributed by atoms with Gasteiger partial charge in [-0.15, -0.1) is 0 Å². The Morgan fingerprint density at radius 2 is 2.42 bits per heavy atom. The van der Waals surface area contributed by atoms with Crippen LogP contribution in [0.25, 0.3) is 0 Å². The van der Waals surface area contributed by atoms with E-state index in [0.717, 1.165) is 30.6 Å². The van der Waals surface area contributed by atoms with Crippen molar-refractivity contribution in [3.63, 3.8) is 0 Å². The lowest BCUT2D eigenvalue weighted by molar-refractivity contribution is 0.0104. The summed E-state index contributed by atoms with van der Waals surface area (Å²) in [7, 11) is 0. The fourth-order valence-electron chi connectivity index (χ4n) is 2.15. The lowest BCUT2D eigenvalue weighted by atomic mass is 10.1.